The van der Waals surface area contributed by atoms with Crippen molar-refractivity contribution in [2.45, 2.75) is 44.6 Å². The molecule has 14 heavy (non-hydrogen) atoms. The summed E-state index contributed by atoms with van der Waals surface area (Å²) in [6.07, 6.45) is 9.05. The van der Waals surface area contributed by atoms with Gasteiger partial charge in [0.05, 0.1) is 0 Å². The van der Waals surface area contributed by atoms with Crippen molar-refractivity contribution in [2.75, 3.05) is 26.2 Å². The number of nitrogens with zero attached hydrogens (tertiary/aromatic N) is 1. The number of likely N-dealkylation sites (tertiary alicyclic amines) is 1. The normalized spacial score (nSPS) is 33.4. The van der Waals surface area contributed by atoms with Gasteiger partial charge in [0.2, 0.25) is 0 Å². The Balaban J connectivity index is 1.55. The second kappa shape index (κ2) is 3.49. The van der Waals surface area contributed by atoms with Crippen molar-refractivity contribution >= 4 is 0 Å². The number of rotatable bonds is 1. The van der Waals surface area contributed by atoms with Crippen LogP contribution in [0.1, 0.15) is 38.5 Å². The van der Waals surface area contributed by atoms with Gasteiger partial charge in [-0.2, -0.15) is 0 Å². The molecule has 1 N–H and O–H groups in total. The van der Waals surface area contributed by atoms with Crippen molar-refractivity contribution in [3.63, 3.8) is 0 Å². The second-order valence-corrected chi connectivity index (χ2v) is 5.56. The maximum atomic E-state index is 3.38. The summed E-state index contributed by atoms with van der Waals surface area (Å²) in [6, 6.07) is 0.883. The van der Waals surface area contributed by atoms with E-state index in [1.807, 2.05) is 0 Å². The molecule has 2 heterocycles. The van der Waals surface area contributed by atoms with Gasteiger partial charge in [0.1, 0.15) is 0 Å². The molecule has 0 atom stereocenters. The summed E-state index contributed by atoms with van der Waals surface area (Å²) in [5.41, 5.74) is 0.799. The smallest absolute Gasteiger partial charge is 0.0345 e. The van der Waals surface area contributed by atoms with Crippen molar-refractivity contribution in [1.82, 2.24) is 10.2 Å². The molecule has 0 radical (unpaired) electrons. The molecule has 80 valence electrons. The van der Waals surface area contributed by atoms with Crippen LogP contribution in [0.5, 0.6) is 0 Å². The maximum Gasteiger partial charge on any atom is 0.0345 e. The molecule has 0 aromatic heterocycles. The van der Waals surface area contributed by atoms with Crippen LogP contribution < -0.4 is 5.32 Å². The Hall–Kier alpha value is -0.0800. The minimum Gasteiger partial charge on any atom is -0.314 e. The first-order chi connectivity index (χ1) is 6.88. The quantitative estimate of drug-likeness (QED) is 0.682. The lowest BCUT2D eigenvalue weighted by Gasteiger charge is -2.45. The average Bonchev–Trinajstić information content (AvgIpc) is 2.55. The van der Waals surface area contributed by atoms with Crippen molar-refractivity contribution < 1.29 is 0 Å². The minimum absolute atomic E-state index is 0.799. The first kappa shape index (κ1) is 9.17. The third-order valence-corrected chi connectivity index (χ3v) is 4.80. The van der Waals surface area contributed by atoms with Crippen molar-refractivity contribution in [1.29, 1.82) is 0 Å². The molecule has 1 saturated carbocycles. The summed E-state index contributed by atoms with van der Waals surface area (Å²) in [7, 11) is 0. The van der Waals surface area contributed by atoms with Gasteiger partial charge in [0.15, 0.2) is 0 Å². The lowest BCUT2D eigenvalue weighted by atomic mass is 9.76. The summed E-state index contributed by atoms with van der Waals surface area (Å²) in [5.74, 6) is 0. The zero-order valence-corrected chi connectivity index (χ0v) is 9.10. The van der Waals surface area contributed by atoms with Crippen LogP contribution in [0, 0.1) is 5.41 Å². The predicted molar refractivity (Wildman–Crippen MR) is 58.4 cm³/mol. The van der Waals surface area contributed by atoms with Gasteiger partial charge in [-0.15, -0.1) is 0 Å². The molecule has 1 aliphatic carbocycles. The third kappa shape index (κ3) is 1.49. The highest BCUT2D eigenvalue weighted by molar-refractivity contribution is 4.93. The monoisotopic (exact) mass is 194 g/mol. The fourth-order valence-electron chi connectivity index (χ4n) is 3.52. The molecule has 2 nitrogen and oxygen atoms in total. The minimum atomic E-state index is 0.799. The van der Waals surface area contributed by atoms with E-state index in [-0.39, 0.29) is 0 Å². The van der Waals surface area contributed by atoms with Crippen LogP contribution in [0.25, 0.3) is 0 Å². The van der Waals surface area contributed by atoms with Gasteiger partial charge in [-0.3, -0.25) is 4.90 Å². The predicted octanol–water partition coefficient (Wildman–Crippen LogP) is 1.61. The van der Waals surface area contributed by atoms with Crippen LogP contribution in [0.4, 0.5) is 0 Å². The molecule has 2 saturated heterocycles. The van der Waals surface area contributed by atoms with Gasteiger partial charge in [0, 0.05) is 19.1 Å². The molecule has 0 amide bonds. The molecule has 2 heteroatoms. The van der Waals surface area contributed by atoms with E-state index >= 15 is 0 Å². The van der Waals surface area contributed by atoms with Gasteiger partial charge in [-0.25, -0.2) is 0 Å². The topological polar surface area (TPSA) is 15.3 Å². The molecule has 2 aliphatic heterocycles. The number of nitrogens with one attached hydrogen (secondary N) is 1. The Kier molecular flexibility index (Phi) is 2.29. The highest BCUT2D eigenvalue weighted by atomic mass is 15.2. The van der Waals surface area contributed by atoms with E-state index < -0.39 is 0 Å². The fourth-order valence-corrected chi connectivity index (χ4v) is 3.52. The molecule has 3 fully saturated rings. The first-order valence-corrected chi connectivity index (χ1v) is 6.33. The summed E-state index contributed by atoms with van der Waals surface area (Å²) in [6.45, 7) is 5.25. The van der Waals surface area contributed by atoms with Crippen molar-refractivity contribution in [3.05, 3.63) is 0 Å². The molecular formula is C12H22N2. The zero-order chi connectivity index (χ0) is 9.43. The number of piperidine rings is 1. The summed E-state index contributed by atoms with van der Waals surface area (Å²) in [4.78, 5) is 2.72. The first-order valence-electron chi connectivity index (χ1n) is 6.33. The highest BCUT2D eigenvalue weighted by Crippen LogP contribution is 2.46. The largest absolute Gasteiger partial charge is 0.314 e. The summed E-state index contributed by atoms with van der Waals surface area (Å²) >= 11 is 0. The molecule has 3 rings (SSSR count). The standard InChI is InChI=1S/C12H22N2/c1-2-4-12(3-1)5-7-14(8-6-12)11-9-13-10-11/h11,13H,1-10H2. The molecular weight excluding hydrogens is 172 g/mol. The Morgan fingerprint density at radius 2 is 1.57 bits per heavy atom. The summed E-state index contributed by atoms with van der Waals surface area (Å²) in [5, 5.41) is 3.38. The van der Waals surface area contributed by atoms with Crippen molar-refractivity contribution in [2.24, 2.45) is 5.41 Å². The fraction of sp³-hybridized carbons (Fsp3) is 1.00. The Morgan fingerprint density at radius 3 is 2.07 bits per heavy atom. The second-order valence-electron chi connectivity index (χ2n) is 5.56. The van der Waals surface area contributed by atoms with Gasteiger partial charge in [0.25, 0.3) is 0 Å². The Morgan fingerprint density at radius 1 is 0.929 bits per heavy atom. The molecule has 3 aliphatic rings. The van der Waals surface area contributed by atoms with Gasteiger partial charge in [-0.05, 0) is 44.2 Å². The lowest BCUT2D eigenvalue weighted by molar-refractivity contribution is 0.0560. The SMILES string of the molecule is C1CCC2(C1)CCN(C1CNC1)CC2. The molecule has 0 bridgehead atoms. The maximum absolute atomic E-state index is 3.38. The van der Waals surface area contributed by atoms with E-state index in [9.17, 15) is 0 Å². The molecule has 0 aromatic carbocycles. The van der Waals surface area contributed by atoms with Crippen LogP contribution in [-0.2, 0) is 0 Å². The van der Waals surface area contributed by atoms with Crippen LogP contribution >= 0.6 is 0 Å². The van der Waals surface area contributed by atoms with Crippen LogP contribution in [-0.4, -0.2) is 37.1 Å². The average molecular weight is 194 g/mol. The van der Waals surface area contributed by atoms with Gasteiger partial charge in [-0.1, -0.05) is 12.8 Å². The van der Waals surface area contributed by atoms with E-state index in [0.29, 0.717) is 0 Å². The van der Waals surface area contributed by atoms with Crippen LogP contribution in [0.2, 0.25) is 0 Å². The van der Waals surface area contributed by atoms with Gasteiger partial charge < -0.3 is 5.32 Å². The molecule has 0 unspecified atom stereocenters. The van der Waals surface area contributed by atoms with Crippen molar-refractivity contribution in [3.8, 4) is 0 Å². The van der Waals surface area contributed by atoms with Crippen LogP contribution in [0.15, 0.2) is 0 Å². The van der Waals surface area contributed by atoms with E-state index in [1.165, 1.54) is 64.7 Å². The lowest BCUT2D eigenvalue weighted by Crippen LogP contribution is -2.59. The van der Waals surface area contributed by atoms with E-state index in [1.54, 1.807) is 0 Å². The van der Waals surface area contributed by atoms with Crippen LogP contribution in [0.3, 0.4) is 0 Å². The van der Waals surface area contributed by atoms with E-state index in [0.717, 1.165) is 11.5 Å². The number of hydrogen-bond acceptors (Lipinski definition) is 2. The third-order valence-electron chi connectivity index (χ3n) is 4.80. The van der Waals surface area contributed by atoms with Gasteiger partial charge >= 0.3 is 0 Å². The zero-order valence-electron chi connectivity index (χ0n) is 9.10. The number of hydrogen-bond donors (Lipinski definition) is 1. The summed E-state index contributed by atoms with van der Waals surface area (Å²) < 4.78 is 0. The Labute approximate surface area is 87.0 Å². The molecule has 1 spiro atoms. The van der Waals surface area contributed by atoms with E-state index in [2.05, 4.69) is 10.2 Å². The highest BCUT2D eigenvalue weighted by Gasteiger charge is 2.39. The Bertz CT molecular complexity index is 194. The van der Waals surface area contributed by atoms with E-state index in [4.69, 9.17) is 0 Å². The molecule has 0 aromatic rings.